The van der Waals surface area contributed by atoms with E-state index in [0.717, 1.165) is 28.0 Å². The zero-order chi connectivity index (χ0) is 32.7. The molecule has 1 aromatic heterocycles. The number of carbonyl (C=O) groups excluding carboxylic acids is 4. The summed E-state index contributed by atoms with van der Waals surface area (Å²) < 4.78 is 20.1. The fraction of sp³-hybridized carbons (Fsp3) is 0.194. The largest absolute Gasteiger partial charge is 0.462 e. The number of thioether (sulfide) groups is 1. The van der Waals surface area contributed by atoms with E-state index < -0.39 is 62.9 Å². The Morgan fingerprint density at radius 3 is 2.28 bits per heavy atom. The van der Waals surface area contributed by atoms with Crippen LogP contribution < -0.4 is 15.1 Å². The number of ether oxygens (including phenoxy) is 1. The number of aromatic nitrogens is 1. The summed E-state index contributed by atoms with van der Waals surface area (Å²) in [6, 6.07) is 16.5. The van der Waals surface area contributed by atoms with Gasteiger partial charge in [-0.25, -0.2) is 14.1 Å². The molecule has 1 saturated heterocycles. The Kier molecular flexibility index (Phi) is 8.27. The molecule has 2 aliphatic rings. The van der Waals surface area contributed by atoms with Crippen LogP contribution in [0.3, 0.4) is 0 Å². The van der Waals surface area contributed by atoms with Crippen molar-refractivity contribution in [2.45, 2.75) is 29.7 Å². The van der Waals surface area contributed by atoms with Crippen LogP contribution in [0, 0.1) is 21.8 Å². The number of nitrogens with one attached hydrogen (secondary N) is 1. The molecule has 3 amide bonds. The van der Waals surface area contributed by atoms with Crippen LogP contribution in [-0.2, 0) is 25.7 Å². The summed E-state index contributed by atoms with van der Waals surface area (Å²) in [6.45, 7) is 1.50. The highest BCUT2D eigenvalue weighted by Gasteiger charge is 2.56. The van der Waals surface area contributed by atoms with E-state index in [4.69, 9.17) is 4.74 Å². The second kappa shape index (κ2) is 12.3. The van der Waals surface area contributed by atoms with Crippen LogP contribution in [0.4, 0.5) is 21.5 Å². The molecule has 12 nitrogen and oxygen atoms in total. The lowest BCUT2D eigenvalue weighted by molar-refractivity contribution is -0.384. The maximum Gasteiger partial charge on any atom is 0.338 e. The number of carbonyl (C=O) groups is 4. The van der Waals surface area contributed by atoms with Gasteiger partial charge in [0.15, 0.2) is 0 Å². The second-order valence-corrected chi connectivity index (χ2v) is 12.5. The summed E-state index contributed by atoms with van der Waals surface area (Å²) in [5.41, 5.74) is 1.13. The molecule has 0 saturated carbocycles. The number of anilines is 2. The number of imide groups is 1. The smallest absolute Gasteiger partial charge is 0.338 e. The number of nitrogens with zero attached hydrogens (tertiary/aromatic N) is 3. The van der Waals surface area contributed by atoms with Gasteiger partial charge in [0.1, 0.15) is 17.6 Å². The standard InChI is InChI=1S/C31H23FN4O8S2/c1-2-44-30(40)17-5-9-19(10-6-17)33-22(37)15-34-29-26(46-31(34)41)23(16-3-7-18(32)8-4-16)24-25(45-29)28(39)35(27(24)38)20-11-13-21(14-12-20)36(42)43/h3-14,23-25H,2,15H2,1H3,(H,33,37)/t23-,24?,25?/m0/s1. The number of hydrogen-bond donors (Lipinski definition) is 1. The number of halogens is 1. The lowest BCUT2D eigenvalue weighted by Crippen LogP contribution is -2.33. The van der Waals surface area contributed by atoms with Crippen LogP contribution in [0.25, 0.3) is 0 Å². The van der Waals surface area contributed by atoms with Gasteiger partial charge in [-0.1, -0.05) is 35.2 Å². The third-order valence-electron chi connectivity index (χ3n) is 7.58. The van der Waals surface area contributed by atoms with Gasteiger partial charge in [-0.2, -0.15) is 0 Å². The van der Waals surface area contributed by atoms with E-state index in [1.165, 1.54) is 77.4 Å². The Morgan fingerprint density at radius 1 is 0.978 bits per heavy atom. The van der Waals surface area contributed by atoms with Crippen molar-refractivity contribution in [2.75, 3.05) is 16.8 Å². The molecule has 3 aromatic carbocycles. The molecule has 234 valence electrons. The fourth-order valence-corrected chi connectivity index (χ4v) is 8.28. The van der Waals surface area contributed by atoms with Crippen LogP contribution in [0.2, 0.25) is 0 Å². The number of amides is 3. The van der Waals surface area contributed by atoms with Gasteiger partial charge in [0.2, 0.25) is 17.7 Å². The number of hydrogen-bond acceptors (Lipinski definition) is 10. The van der Waals surface area contributed by atoms with Crippen LogP contribution in [0.15, 0.2) is 82.6 Å². The Morgan fingerprint density at radius 2 is 1.65 bits per heavy atom. The predicted molar refractivity (Wildman–Crippen MR) is 167 cm³/mol. The second-order valence-electron chi connectivity index (χ2n) is 10.3. The summed E-state index contributed by atoms with van der Waals surface area (Å²) in [4.78, 5) is 77.6. The van der Waals surface area contributed by atoms with Crippen molar-refractivity contribution >= 4 is 63.9 Å². The summed E-state index contributed by atoms with van der Waals surface area (Å²) in [6.07, 6.45) is 0. The number of nitro benzene ring substituents is 1. The van der Waals surface area contributed by atoms with E-state index in [0.29, 0.717) is 26.7 Å². The van der Waals surface area contributed by atoms with Crippen molar-refractivity contribution in [3.05, 3.63) is 114 Å². The van der Waals surface area contributed by atoms with E-state index in [1.807, 2.05) is 0 Å². The number of benzene rings is 3. The van der Waals surface area contributed by atoms with Gasteiger partial charge in [-0.05, 0) is 61.0 Å². The maximum absolute atomic E-state index is 13.9. The molecule has 0 aliphatic carbocycles. The van der Waals surface area contributed by atoms with Gasteiger partial charge in [-0.3, -0.25) is 33.9 Å². The van der Waals surface area contributed by atoms with E-state index >= 15 is 0 Å². The number of fused-ring (bicyclic) bond motifs is 2. The predicted octanol–water partition coefficient (Wildman–Crippen LogP) is 4.57. The van der Waals surface area contributed by atoms with Crippen LogP contribution in [0.5, 0.6) is 0 Å². The van der Waals surface area contributed by atoms with Crippen LogP contribution in [0.1, 0.15) is 33.6 Å². The first-order valence-corrected chi connectivity index (χ1v) is 15.6. The molecule has 2 aliphatic heterocycles. The molecule has 0 spiro atoms. The SMILES string of the molecule is CCOC(=O)c1ccc(NC(=O)Cn2c3c(sc2=O)[C@@H](c2ccc(F)cc2)C2C(=O)N(c4ccc([N+](=O)[O-])cc4)C(=O)C2S3)cc1. The Balaban J connectivity index is 1.33. The van der Waals surface area contributed by atoms with Gasteiger partial charge in [-0.15, -0.1) is 0 Å². The Bertz CT molecular complexity index is 1940. The normalized spacial score (nSPS) is 18.6. The van der Waals surface area contributed by atoms with Crippen molar-refractivity contribution in [3.63, 3.8) is 0 Å². The summed E-state index contributed by atoms with van der Waals surface area (Å²) in [7, 11) is 0. The fourth-order valence-electron chi connectivity index (χ4n) is 5.51. The molecule has 3 atom stereocenters. The molecule has 2 unspecified atom stereocenters. The molecule has 3 heterocycles. The highest BCUT2D eigenvalue weighted by molar-refractivity contribution is 8.00. The summed E-state index contributed by atoms with van der Waals surface area (Å²) >= 11 is 1.84. The van der Waals surface area contributed by atoms with E-state index in [2.05, 4.69) is 5.32 Å². The third-order valence-corrected chi connectivity index (χ3v) is 10.2. The Labute approximate surface area is 267 Å². The molecule has 6 rings (SSSR count). The van der Waals surface area contributed by atoms with Gasteiger partial charge >= 0.3 is 10.8 Å². The molecule has 1 fully saturated rings. The van der Waals surface area contributed by atoms with E-state index in [9.17, 15) is 38.5 Å². The van der Waals surface area contributed by atoms with Gasteiger partial charge in [0, 0.05) is 28.6 Å². The van der Waals surface area contributed by atoms with Crippen molar-refractivity contribution in [2.24, 2.45) is 5.92 Å². The van der Waals surface area contributed by atoms with Gasteiger partial charge < -0.3 is 10.1 Å². The first-order valence-electron chi connectivity index (χ1n) is 13.9. The molecular formula is C31H23FN4O8S2. The first kappa shape index (κ1) is 30.9. The molecular weight excluding hydrogens is 639 g/mol. The summed E-state index contributed by atoms with van der Waals surface area (Å²) in [5, 5.41) is 13.2. The molecule has 46 heavy (non-hydrogen) atoms. The highest BCUT2D eigenvalue weighted by atomic mass is 32.2. The lowest BCUT2D eigenvalue weighted by Gasteiger charge is -2.30. The highest BCUT2D eigenvalue weighted by Crippen LogP contribution is 2.53. The first-order chi connectivity index (χ1) is 22.1. The average Bonchev–Trinajstić information content (AvgIpc) is 3.48. The maximum atomic E-state index is 13.9. The monoisotopic (exact) mass is 662 g/mol. The number of rotatable bonds is 8. The van der Waals surface area contributed by atoms with Gasteiger partial charge in [0.25, 0.3) is 5.69 Å². The molecule has 1 N–H and O–H groups in total. The van der Waals surface area contributed by atoms with Crippen LogP contribution in [-0.4, -0.2) is 45.0 Å². The number of nitro groups is 1. The van der Waals surface area contributed by atoms with Crippen LogP contribution >= 0.6 is 23.1 Å². The third kappa shape index (κ3) is 5.58. The lowest BCUT2D eigenvalue weighted by atomic mass is 9.83. The van der Waals surface area contributed by atoms with Gasteiger partial charge in [0.05, 0.1) is 33.7 Å². The minimum atomic E-state index is -0.996. The topological polar surface area (TPSA) is 158 Å². The molecule has 0 bridgehead atoms. The zero-order valence-corrected chi connectivity index (χ0v) is 25.5. The average molecular weight is 663 g/mol. The number of thiazole rings is 1. The molecule has 0 radical (unpaired) electrons. The van der Waals surface area contributed by atoms with Crippen molar-refractivity contribution < 1.29 is 33.2 Å². The minimum absolute atomic E-state index is 0.155. The molecule has 4 aromatic rings. The van der Waals surface area contributed by atoms with E-state index in [1.54, 1.807) is 6.92 Å². The Hall–Kier alpha value is -5.15. The zero-order valence-electron chi connectivity index (χ0n) is 23.9. The summed E-state index contributed by atoms with van der Waals surface area (Å²) in [5.74, 6) is -4.48. The number of esters is 1. The quantitative estimate of drug-likeness (QED) is 0.124. The van der Waals surface area contributed by atoms with Crippen molar-refractivity contribution in [1.82, 2.24) is 4.57 Å². The van der Waals surface area contributed by atoms with Crippen molar-refractivity contribution in [1.29, 1.82) is 0 Å². The minimum Gasteiger partial charge on any atom is -0.462 e. The van der Waals surface area contributed by atoms with E-state index in [-0.39, 0.29) is 18.0 Å². The van der Waals surface area contributed by atoms with Crippen molar-refractivity contribution in [3.8, 4) is 0 Å². The number of non-ortho nitro benzene ring substituents is 1. The molecule has 15 heteroatoms.